The van der Waals surface area contributed by atoms with Gasteiger partial charge in [0, 0.05) is 0 Å². The molecule has 0 aromatic heterocycles. The van der Waals surface area contributed by atoms with Crippen LogP contribution in [0.2, 0.25) is 0 Å². The Balaban J connectivity index is 0.876. The fourth-order valence-electron chi connectivity index (χ4n) is 8.85. The highest BCUT2D eigenvalue weighted by Crippen LogP contribution is 2.30. The summed E-state index contributed by atoms with van der Waals surface area (Å²) in [4.78, 5) is 0. The molecule has 0 N–H and O–H groups in total. The Bertz CT molecular complexity index is 3110. The van der Waals surface area contributed by atoms with Gasteiger partial charge in [0.25, 0.3) is 0 Å². The van der Waals surface area contributed by atoms with E-state index in [-0.39, 0.29) is 0 Å². The Morgan fingerprint density at radius 2 is 0.544 bits per heavy atom. The molecule has 0 saturated heterocycles. The monoisotopic (exact) mass is 868 g/mol. The highest BCUT2D eigenvalue weighted by molar-refractivity contribution is 5.94. The Hall–Kier alpha value is -8.58. The first-order valence-corrected chi connectivity index (χ1v) is 23.6. The molecular formula is C68H52. The van der Waals surface area contributed by atoms with Crippen molar-refractivity contribution >= 4 is 58.4 Å². The molecule has 324 valence electrons. The van der Waals surface area contributed by atoms with E-state index in [2.05, 4.69) is 291 Å². The molecule has 0 unspecified atom stereocenters. The molecule has 10 rings (SSSR count). The zero-order valence-corrected chi connectivity index (χ0v) is 38.1. The van der Waals surface area contributed by atoms with Crippen LogP contribution < -0.4 is 0 Å². The van der Waals surface area contributed by atoms with Crippen LogP contribution in [0.5, 0.6) is 0 Å². The predicted molar refractivity (Wildman–Crippen MR) is 293 cm³/mol. The Kier molecular flexibility index (Phi) is 13.5. The highest BCUT2D eigenvalue weighted by atomic mass is 14.1. The maximum absolute atomic E-state index is 2.30. The van der Waals surface area contributed by atoms with Gasteiger partial charge in [-0.15, -0.1) is 0 Å². The second-order valence-corrected chi connectivity index (χ2v) is 17.4. The lowest BCUT2D eigenvalue weighted by Crippen LogP contribution is -1.91. The number of hydrogen-bond acceptors (Lipinski definition) is 0. The first-order valence-electron chi connectivity index (χ1n) is 23.6. The van der Waals surface area contributed by atoms with Gasteiger partial charge in [-0.1, -0.05) is 267 Å². The molecule has 0 aliphatic heterocycles. The van der Waals surface area contributed by atoms with E-state index in [0.717, 1.165) is 35.1 Å². The van der Waals surface area contributed by atoms with E-state index in [1.807, 2.05) is 0 Å². The van der Waals surface area contributed by atoms with Gasteiger partial charge in [-0.25, -0.2) is 0 Å². The lowest BCUT2D eigenvalue weighted by atomic mass is 9.94. The lowest BCUT2D eigenvalue weighted by molar-refractivity contribution is 1.19. The average molecular weight is 869 g/mol. The molecule has 0 atom stereocenters. The fourth-order valence-corrected chi connectivity index (χ4v) is 8.85. The quantitative estimate of drug-likeness (QED) is 0.0955. The normalized spacial score (nSPS) is 12.0. The standard InChI is InChI=1S/C68H52/c1-5-15-53(16-6-1)45-55-35-39-61(40-36-55)67(59-19-9-3-10-20-59)47-57-29-25-51(26-30-57)33-43-65-49-63-23-13-14-24-64(63)50-66(65)44-34-52-27-31-58(32-28-52)48-68(60-21-11-4-12-22-60)62-41-37-56(38-42-62)46-54-17-7-2-8-18-54/h1-44,47-50H,45-46H2/b43-33-,44-34-,67-47-,68-48-. The van der Waals surface area contributed by atoms with E-state index in [1.165, 1.54) is 77.6 Å². The molecule has 68 heavy (non-hydrogen) atoms. The molecule has 0 heteroatoms. The van der Waals surface area contributed by atoms with Crippen molar-refractivity contribution in [2.45, 2.75) is 12.8 Å². The Morgan fingerprint density at radius 1 is 0.250 bits per heavy atom. The average Bonchev–Trinajstić information content (AvgIpc) is 3.40. The zero-order chi connectivity index (χ0) is 45.7. The van der Waals surface area contributed by atoms with Crippen LogP contribution in [0.1, 0.15) is 77.9 Å². The van der Waals surface area contributed by atoms with Gasteiger partial charge in [-0.2, -0.15) is 0 Å². The van der Waals surface area contributed by atoms with Crippen molar-refractivity contribution < 1.29 is 0 Å². The summed E-state index contributed by atoms with van der Waals surface area (Å²) in [7, 11) is 0. The van der Waals surface area contributed by atoms with Crippen molar-refractivity contribution in [3.05, 3.63) is 333 Å². The largest absolute Gasteiger partial charge is 0.0622 e. The van der Waals surface area contributed by atoms with Crippen LogP contribution in [0.25, 0.3) is 58.4 Å². The summed E-state index contributed by atoms with van der Waals surface area (Å²) < 4.78 is 0. The third-order valence-electron chi connectivity index (χ3n) is 12.6. The summed E-state index contributed by atoms with van der Waals surface area (Å²) in [6.07, 6.45) is 15.4. The van der Waals surface area contributed by atoms with Gasteiger partial charge in [-0.05, 0) is 137 Å². The van der Waals surface area contributed by atoms with E-state index in [0.29, 0.717) is 0 Å². The van der Waals surface area contributed by atoms with Crippen LogP contribution >= 0.6 is 0 Å². The molecule has 0 aliphatic carbocycles. The smallest absolute Gasteiger partial charge is 0.00258 e. The molecule has 0 fully saturated rings. The maximum atomic E-state index is 2.30. The van der Waals surface area contributed by atoms with E-state index in [9.17, 15) is 0 Å². The molecule has 0 radical (unpaired) electrons. The number of hydrogen-bond donors (Lipinski definition) is 0. The third kappa shape index (κ3) is 11.1. The molecule has 0 saturated carbocycles. The maximum Gasteiger partial charge on any atom is -0.00258 e. The predicted octanol–water partition coefficient (Wildman–Crippen LogP) is 17.5. The highest BCUT2D eigenvalue weighted by Gasteiger charge is 2.09. The van der Waals surface area contributed by atoms with Gasteiger partial charge in [0.1, 0.15) is 0 Å². The molecule has 0 aliphatic rings. The number of benzene rings is 10. The second-order valence-electron chi connectivity index (χ2n) is 17.4. The molecule has 0 nitrogen and oxygen atoms in total. The molecule has 10 aromatic carbocycles. The van der Waals surface area contributed by atoms with Crippen LogP contribution in [0.3, 0.4) is 0 Å². The van der Waals surface area contributed by atoms with Crippen LogP contribution in [0.4, 0.5) is 0 Å². The van der Waals surface area contributed by atoms with Gasteiger partial charge in [0.05, 0.1) is 0 Å². The van der Waals surface area contributed by atoms with Crippen molar-refractivity contribution in [3.8, 4) is 0 Å². The Morgan fingerprint density at radius 3 is 0.912 bits per heavy atom. The SMILES string of the molecule is C(=C/c1cc2ccccc2cc1/C=C\c1ccc(/C=C(/c2ccccc2)c2ccc(Cc3ccccc3)cc2)cc1)/c1ccc(/C=C(/c2ccccc2)c2ccc(Cc3ccccc3)cc2)cc1. The van der Waals surface area contributed by atoms with Crippen molar-refractivity contribution in [2.24, 2.45) is 0 Å². The van der Waals surface area contributed by atoms with Gasteiger partial charge in [-0.3, -0.25) is 0 Å². The molecule has 0 heterocycles. The minimum atomic E-state index is 0.924. The number of fused-ring (bicyclic) bond motifs is 1. The van der Waals surface area contributed by atoms with E-state index >= 15 is 0 Å². The first kappa shape index (κ1) is 43.3. The van der Waals surface area contributed by atoms with Crippen molar-refractivity contribution in [1.82, 2.24) is 0 Å². The minimum Gasteiger partial charge on any atom is -0.0622 e. The molecule has 0 amide bonds. The lowest BCUT2D eigenvalue weighted by Gasteiger charge is -2.11. The van der Waals surface area contributed by atoms with Crippen molar-refractivity contribution in [1.29, 1.82) is 0 Å². The third-order valence-corrected chi connectivity index (χ3v) is 12.6. The van der Waals surface area contributed by atoms with E-state index < -0.39 is 0 Å². The molecular weight excluding hydrogens is 817 g/mol. The van der Waals surface area contributed by atoms with E-state index in [4.69, 9.17) is 0 Å². The van der Waals surface area contributed by atoms with Gasteiger partial charge < -0.3 is 0 Å². The topological polar surface area (TPSA) is 0 Å². The Labute approximate surface area is 401 Å². The van der Waals surface area contributed by atoms with E-state index in [1.54, 1.807) is 0 Å². The summed E-state index contributed by atoms with van der Waals surface area (Å²) in [6, 6.07) is 91.7. The van der Waals surface area contributed by atoms with Gasteiger partial charge >= 0.3 is 0 Å². The fraction of sp³-hybridized carbons (Fsp3) is 0.0294. The summed E-state index contributed by atoms with van der Waals surface area (Å²) in [6.45, 7) is 0. The van der Waals surface area contributed by atoms with Crippen LogP contribution in [-0.4, -0.2) is 0 Å². The van der Waals surface area contributed by atoms with Gasteiger partial charge in [0.15, 0.2) is 0 Å². The second kappa shape index (κ2) is 21.2. The molecule has 0 spiro atoms. The summed E-state index contributed by atoms with van der Waals surface area (Å²) in [5.41, 5.74) is 19.4. The van der Waals surface area contributed by atoms with Crippen LogP contribution in [0.15, 0.2) is 255 Å². The summed E-state index contributed by atoms with van der Waals surface area (Å²) >= 11 is 0. The van der Waals surface area contributed by atoms with Crippen LogP contribution in [0, 0.1) is 0 Å². The zero-order valence-electron chi connectivity index (χ0n) is 38.1. The minimum absolute atomic E-state index is 0.924. The molecule has 10 aromatic rings. The van der Waals surface area contributed by atoms with Gasteiger partial charge in [0.2, 0.25) is 0 Å². The summed E-state index contributed by atoms with van der Waals surface area (Å²) in [5, 5.41) is 2.45. The van der Waals surface area contributed by atoms with Crippen molar-refractivity contribution in [3.63, 3.8) is 0 Å². The van der Waals surface area contributed by atoms with Crippen LogP contribution in [-0.2, 0) is 12.8 Å². The summed E-state index contributed by atoms with van der Waals surface area (Å²) in [5.74, 6) is 0. The first-order chi connectivity index (χ1) is 33.6. The van der Waals surface area contributed by atoms with Crippen molar-refractivity contribution in [2.75, 3.05) is 0 Å². The molecule has 0 bridgehead atoms. The number of rotatable bonds is 14.